The minimum atomic E-state index is 0.163. The zero-order valence-corrected chi connectivity index (χ0v) is 11.5. The Hall–Kier alpha value is -1.57. The maximum atomic E-state index is 5.67. The van der Waals surface area contributed by atoms with E-state index in [1.165, 1.54) is 0 Å². The minimum Gasteiger partial charge on any atom is -0.485 e. The minimum absolute atomic E-state index is 0.163. The highest BCUT2D eigenvalue weighted by Gasteiger charge is 2.27. The Labute approximate surface area is 122 Å². The third-order valence-corrected chi connectivity index (χ3v) is 3.25. The highest BCUT2D eigenvalue weighted by Crippen LogP contribution is 2.29. The van der Waals surface area contributed by atoms with Crippen molar-refractivity contribution in [3.63, 3.8) is 0 Å². The average Bonchev–Trinajstić information content (AvgIpc) is 3.39. The van der Waals surface area contributed by atoms with Gasteiger partial charge in [-0.2, -0.15) is 4.98 Å². The summed E-state index contributed by atoms with van der Waals surface area (Å²) in [7, 11) is 0. The number of pyridine rings is 1. The maximum Gasteiger partial charge on any atom is 0.260 e. The van der Waals surface area contributed by atoms with Gasteiger partial charge in [-0.1, -0.05) is 0 Å². The molecule has 7 nitrogen and oxygen atoms in total. The van der Waals surface area contributed by atoms with Crippen LogP contribution in [0.4, 0.5) is 0 Å². The topological polar surface area (TPSA) is 78.2 Å². The van der Waals surface area contributed by atoms with E-state index in [0.717, 1.165) is 19.8 Å². The Bertz CT molecular complexity index is 498. The first-order valence-corrected chi connectivity index (χ1v) is 7.11. The fourth-order valence-electron chi connectivity index (χ4n) is 1.73. The van der Waals surface area contributed by atoms with E-state index in [1.807, 2.05) is 6.07 Å². The van der Waals surface area contributed by atoms with Gasteiger partial charge in [-0.15, -0.1) is 0 Å². The maximum absolute atomic E-state index is 5.67. The molecule has 3 aliphatic rings. The number of aromatic nitrogens is 1. The van der Waals surface area contributed by atoms with E-state index < -0.39 is 0 Å². The first-order valence-electron chi connectivity index (χ1n) is 7.11. The van der Waals surface area contributed by atoms with Gasteiger partial charge in [0.25, 0.3) is 5.88 Å². The molecule has 0 N–H and O–H groups in total. The summed E-state index contributed by atoms with van der Waals surface area (Å²) < 4.78 is 32.3. The summed E-state index contributed by atoms with van der Waals surface area (Å²) in [5.41, 5.74) is 0. The zero-order valence-electron chi connectivity index (χ0n) is 11.5. The molecule has 4 heterocycles. The van der Waals surface area contributed by atoms with Crippen LogP contribution < -0.4 is 14.2 Å². The molecule has 3 atom stereocenters. The first kappa shape index (κ1) is 13.1. The van der Waals surface area contributed by atoms with Crippen molar-refractivity contribution in [2.75, 3.05) is 39.6 Å². The quantitative estimate of drug-likeness (QED) is 0.611. The van der Waals surface area contributed by atoms with Crippen molar-refractivity contribution in [2.24, 2.45) is 0 Å². The number of epoxide rings is 3. The van der Waals surface area contributed by atoms with Gasteiger partial charge in [0.2, 0.25) is 5.88 Å². The number of nitrogens with zero attached hydrogens (tertiary/aromatic N) is 1. The molecular weight excluding hydrogens is 278 g/mol. The predicted molar refractivity (Wildman–Crippen MR) is 69.9 cm³/mol. The summed E-state index contributed by atoms with van der Waals surface area (Å²) in [6.45, 7) is 3.73. The SMILES string of the molecule is c1cc(OCC2CO2)c(OCC2CO2)nc1OCC1CO1. The van der Waals surface area contributed by atoms with Gasteiger partial charge in [0.15, 0.2) is 5.75 Å². The Morgan fingerprint density at radius 2 is 1.43 bits per heavy atom. The van der Waals surface area contributed by atoms with Gasteiger partial charge in [0, 0.05) is 6.07 Å². The molecule has 7 heteroatoms. The Kier molecular flexibility index (Phi) is 3.54. The smallest absolute Gasteiger partial charge is 0.260 e. The van der Waals surface area contributed by atoms with E-state index in [2.05, 4.69) is 4.98 Å². The second-order valence-corrected chi connectivity index (χ2v) is 5.25. The van der Waals surface area contributed by atoms with Gasteiger partial charge in [0.1, 0.15) is 38.1 Å². The Morgan fingerprint density at radius 3 is 2.05 bits per heavy atom. The van der Waals surface area contributed by atoms with Gasteiger partial charge in [-0.3, -0.25) is 0 Å². The van der Waals surface area contributed by atoms with Crippen LogP contribution in [-0.2, 0) is 14.2 Å². The van der Waals surface area contributed by atoms with E-state index in [4.69, 9.17) is 28.4 Å². The van der Waals surface area contributed by atoms with Gasteiger partial charge < -0.3 is 28.4 Å². The zero-order chi connectivity index (χ0) is 14.1. The molecule has 114 valence electrons. The molecule has 3 saturated heterocycles. The van der Waals surface area contributed by atoms with E-state index in [9.17, 15) is 0 Å². The number of hydrogen-bond donors (Lipinski definition) is 0. The molecule has 3 aliphatic heterocycles. The second kappa shape index (κ2) is 5.67. The monoisotopic (exact) mass is 295 g/mol. The number of ether oxygens (including phenoxy) is 6. The third-order valence-electron chi connectivity index (χ3n) is 3.25. The van der Waals surface area contributed by atoms with Crippen molar-refractivity contribution in [1.82, 2.24) is 4.98 Å². The van der Waals surface area contributed by atoms with Crippen LogP contribution in [0.15, 0.2) is 12.1 Å². The van der Waals surface area contributed by atoms with Crippen LogP contribution in [0.2, 0.25) is 0 Å². The Balaban J connectivity index is 1.40. The van der Waals surface area contributed by atoms with E-state index in [1.54, 1.807) is 6.07 Å². The van der Waals surface area contributed by atoms with Crippen molar-refractivity contribution in [3.05, 3.63) is 12.1 Å². The summed E-state index contributed by atoms with van der Waals surface area (Å²) >= 11 is 0. The lowest BCUT2D eigenvalue weighted by Gasteiger charge is -2.12. The van der Waals surface area contributed by atoms with Crippen LogP contribution >= 0.6 is 0 Å². The fourth-order valence-corrected chi connectivity index (χ4v) is 1.73. The molecule has 0 spiro atoms. The lowest BCUT2D eigenvalue weighted by Crippen LogP contribution is -2.11. The summed E-state index contributed by atoms with van der Waals surface area (Å²) in [6.07, 6.45) is 0.544. The number of hydrogen-bond acceptors (Lipinski definition) is 7. The van der Waals surface area contributed by atoms with Gasteiger partial charge in [-0.25, -0.2) is 0 Å². The van der Waals surface area contributed by atoms with Crippen LogP contribution in [0.5, 0.6) is 17.5 Å². The van der Waals surface area contributed by atoms with Crippen LogP contribution in [0.25, 0.3) is 0 Å². The molecule has 0 bridgehead atoms. The molecule has 0 saturated carbocycles. The molecule has 21 heavy (non-hydrogen) atoms. The standard InChI is InChI=1S/C14H17NO6/c1-2-13(20-7-10-4-17-10)15-14(21-8-11-5-18-11)12(1)19-6-9-3-16-9/h1-2,9-11H,3-8H2. The molecule has 1 aromatic rings. The molecule has 3 unspecified atom stereocenters. The van der Waals surface area contributed by atoms with E-state index in [0.29, 0.717) is 37.3 Å². The lowest BCUT2D eigenvalue weighted by atomic mass is 10.4. The van der Waals surface area contributed by atoms with Gasteiger partial charge in [-0.05, 0) is 6.07 Å². The molecule has 0 radical (unpaired) electrons. The summed E-state index contributed by atoms with van der Waals surface area (Å²) in [5.74, 6) is 1.54. The van der Waals surface area contributed by atoms with Crippen LogP contribution in [0, 0.1) is 0 Å². The van der Waals surface area contributed by atoms with Crippen LogP contribution in [0.3, 0.4) is 0 Å². The molecule has 0 aliphatic carbocycles. The predicted octanol–water partition coefficient (Wildman–Crippen LogP) is 0.414. The highest BCUT2D eigenvalue weighted by atomic mass is 16.6. The first-order chi connectivity index (χ1) is 10.4. The lowest BCUT2D eigenvalue weighted by molar-refractivity contribution is 0.214. The molecule has 3 fully saturated rings. The van der Waals surface area contributed by atoms with Crippen molar-refractivity contribution in [2.45, 2.75) is 18.3 Å². The van der Waals surface area contributed by atoms with Crippen LogP contribution in [-0.4, -0.2) is 62.9 Å². The van der Waals surface area contributed by atoms with E-state index >= 15 is 0 Å². The van der Waals surface area contributed by atoms with E-state index in [-0.39, 0.29) is 18.3 Å². The average molecular weight is 295 g/mol. The molecular formula is C14H17NO6. The highest BCUT2D eigenvalue weighted by molar-refractivity contribution is 5.37. The van der Waals surface area contributed by atoms with Crippen molar-refractivity contribution in [3.8, 4) is 17.5 Å². The molecule has 0 aromatic carbocycles. The van der Waals surface area contributed by atoms with Gasteiger partial charge >= 0.3 is 0 Å². The summed E-state index contributed by atoms with van der Waals surface area (Å²) in [4.78, 5) is 4.35. The Morgan fingerprint density at radius 1 is 0.857 bits per heavy atom. The normalized spacial score (nSPS) is 28.9. The van der Waals surface area contributed by atoms with Crippen LogP contribution in [0.1, 0.15) is 0 Å². The summed E-state index contributed by atoms with van der Waals surface area (Å²) in [6, 6.07) is 3.58. The van der Waals surface area contributed by atoms with Crippen molar-refractivity contribution >= 4 is 0 Å². The molecule has 4 rings (SSSR count). The van der Waals surface area contributed by atoms with Crippen molar-refractivity contribution in [1.29, 1.82) is 0 Å². The molecule has 0 amide bonds. The molecule has 1 aromatic heterocycles. The third kappa shape index (κ3) is 3.96. The largest absolute Gasteiger partial charge is 0.485 e. The van der Waals surface area contributed by atoms with Crippen molar-refractivity contribution < 1.29 is 28.4 Å². The second-order valence-electron chi connectivity index (χ2n) is 5.25. The summed E-state index contributed by atoms with van der Waals surface area (Å²) in [5, 5.41) is 0. The van der Waals surface area contributed by atoms with Gasteiger partial charge in [0.05, 0.1) is 19.8 Å². The number of rotatable bonds is 9. The fraction of sp³-hybridized carbons (Fsp3) is 0.643.